The standard InChI is InChI=1S/C26H36N4O3/c1-28-23-17-19(8-7-18-13-15-29(16-14-18)20-5-3-2-4-6-20)9-10-21(23)30(26(28)33)22-11-12-24(31)27-25(22)32/h9-10,17-18,20,22H,2-8,11-16H2,1H3,(H,27,31,32). The lowest BCUT2D eigenvalue weighted by Gasteiger charge is -2.39. The summed E-state index contributed by atoms with van der Waals surface area (Å²) >= 11 is 0. The molecule has 1 aromatic heterocycles. The minimum absolute atomic E-state index is 0.202. The molecule has 2 aliphatic heterocycles. The van der Waals surface area contributed by atoms with Gasteiger partial charge in [-0.15, -0.1) is 0 Å². The van der Waals surface area contributed by atoms with Crippen LogP contribution in [0.5, 0.6) is 0 Å². The average molecular weight is 453 g/mol. The smallest absolute Gasteiger partial charge is 0.300 e. The van der Waals surface area contributed by atoms with Crippen molar-refractivity contribution in [2.45, 2.75) is 82.7 Å². The number of fused-ring (bicyclic) bond motifs is 1. The summed E-state index contributed by atoms with van der Waals surface area (Å²) in [7, 11) is 1.76. The molecule has 7 heteroatoms. The van der Waals surface area contributed by atoms with Crippen molar-refractivity contribution in [3.8, 4) is 0 Å². The maximum absolute atomic E-state index is 12.9. The SMILES string of the molecule is Cn1c(=O)n(C2CCC(=O)NC2=O)c2ccc(CCC3CCN(C4CCCCC4)CC3)cc21. The van der Waals surface area contributed by atoms with Crippen LogP contribution in [0.25, 0.3) is 11.0 Å². The third kappa shape index (κ3) is 4.52. The lowest BCUT2D eigenvalue weighted by atomic mass is 9.87. The number of nitrogens with zero attached hydrogens (tertiary/aromatic N) is 3. The number of imide groups is 1. The maximum Gasteiger partial charge on any atom is 0.329 e. The molecule has 0 bridgehead atoms. The Morgan fingerprint density at radius 1 is 0.939 bits per heavy atom. The second-order valence-corrected chi connectivity index (χ2v) is 10.3. The van der Waals surface area contributed by atoms with Crippen LogP contribution in [0.2, 0.25) is 0 Å². The highest BCUT2D eigenvalue weighted by Gasteiger charge is 2.31. The second-order valence-electron chi connectivity index (χ2n) is 10.3. The number of imidazole rings is 1. The van der Waals surface area contributed by atoms with Crippen LogP contribution in [0.15, 0.2) is 23.0 Å². The molecule has 0 radical (unpaired) electrons. The van der Waals surface area contributed by atoms with Crippen molar-refractivity contribution < 1.29 is 9.59 Å². The summed E-state index contributed by atoms with van der Waals surface area (Å²) in [4.78, 5) is 39.6. The Morgan fingerprint density at radius 3 is 2.42 bits per heavy atom. The van der Waals surface area contributed by atoms with E-state index in [1.165, 1.54) is 70.0 Å². The highest BCUT2D eigenvalue weighted by Crippen LogP contribution is 2.29. The number of likely N-dealkylation sites (tertiary alicyclic amines) is 1. The van der Waals surface area contributed by atoms with Crippen molar-refractivity contribution >= 4 is 22.8 Å². The van der Waals surface area contributed by atoms with E-state index in [9.17, 15) is 14.4 Å². The molecule has 33 heavy (non-hydrogen) atoms. The monoisotopic (exact) mass is 452 g/mol. The maximum atomic E-state index is 12.9. The Labute approximate surface area is 195 Å². The van der Waals surface area contributed by atoms with Crippen LogP contribution < -0.4 is 11.0 Å². The van der Waals surface area contributed by atoms with Crippen LogP contribution in [-0.4, -0.2) is 45.0 Å². The van der Waals surface area contributed by atoms with E-state index in [0.29, 0.717) is 6.42 Å². The first-order valence-corrected chi connectivity index (χ1v) is 12.8. The molecule has 0 spiro atoms. The zero-order chi connectivity index (χ0) is 22.9. The molecule has 1 aliphatic carbocycles. The molecule has 1 unspecified atom stereocenters. The highest BCUT2D eigenvalue weighted by molar-refractivity contribution is 6.00. The van der Waals surface area contributed by atoms with Crippen molar-refractivity contribution in [1.29, 1.82) is 0 Å². The Bertz CT molecular complexity index is 1090. The number of amides is 2. The van der Waals surface area contributed by atoms with Crippen molar-refractivity contribution in [3.63, 3.8) is 0 Å². The first-order chi connectivity index (χ1) is 16.0. The molecule has 3 aliphatic rings. The van der Waals surface area contributed by atoms with Gasteiger partial charge in [0.2, 0.25) is 11.8 Å². The number of hydrogen-bond donors (Lipinski definition) is 1. The van der Waals surface area contributed by atoms with Gasteiger partial charge in [-0.25, -0.2) is 4.79 Å². The fourth-order valence-electron chi connectivity index (χ4n) is 6.22. The lowest BCUT2D eigenvalue weighted by molar-refractivity contribution is -0.135. The summed E-state index contributed by atoms with van der Waals surface area (Å²) in [6.45, 7) is 2.50. The zero-order valence-electron chi connectivity index (χ0n) is 19.7. The lowest BCUT2D eigenvalue weighted by Crippen LogP contribution is -2.44. The van der Waals surface area contributed by atoms with E-state index in [2.05, 4.69) is 22.3 Å². The van der Waals surface area contributed by atoms with Gasteiger partial charge in [-0.3, -0.25) is 24.0 Å². The van der Waals surface area contributed by atoms with E-state index < -0.39 is 6.04 Å². The second kappa shape index (κ2) is 9.45. The van der Waals surface area contributed by atoms with Crippen LogP contribution in [-0.2, 0) is 23.1 Å². The Morgan fingerprint density at radius 2 is 1.70 bits per heavy atom. The van der Waals surface area contributed by atoms with Crippen molar-refractivity contribution in [2.75, 3.05) is 13.1 Å². The normalized spacial score (nSPS) is 23.8. The molecule has 1 aromatic carbocycles. The molecule has 5 rings (SSSR count). The van der Waals surface area contributed by atoms with E-state index in [1.54, 1.807) is 16.2 Å². The number of benzene rings is 1. The highest BCUT2D eigenvalue weighted by atomic mass is 16.2. The largest absolute Gasteiger partial charge is 0.329 e. The van der Waals surface area contributed by atoms with E-state index in [4.69, 9.17) is 0 Å². The number of hydrogen-bond acceptors (Lipinski definition) is 4. The summed E-state index contributed by atoms with van der Waals surface area (Å²) in [6.07, 6.45) is 12.4. The van der Waals surface area contributed by atoms with Gasteiger partial charge in [0.1, 0.15) is 6.04 Å². The van der Waals surface area contributed by atoms with Crippen molar-refractivity contribution in [3.05, 3.63) is 34.2 Å². The fraction of sp³-hybridized carbons (Fsp3) is 0.654. The molecule has 1 atom stereocenters. The molecule has 3 heterocycles. The van der Waals surface area contributed by atoms with Crippen LogP contribution >= 0.6 is 0 Å². The van der Waals surface area contributed by atoms with Gasteiger partial charge in [-0.1, -0.05) is 25.3 Å². The number of piperidine rings is 2. The molecular formula is C26H36N4O3. The van der Waals surface area contributed by atoms with Crippen molar-refractivity contribution in [2.24, 2.45) is 13.0 Å². The molecule has 2 saturated heterocycles. The summed E-state index contributed by atoms with van der Waals surface area (Å²) in [5.41, 5.74) is 2.66. The van der Waals surface area contributed by atoms with Crippen LogP contribution in [0.4, 0.5) is 0 Å². The van der Waals surface area contributed by atoms with Gasteiger partial charge in [-0.2, -0.15) is 0 Å². The zero-order valence-corrected chi connectivity index (χ0v) is 19.7. The van der Waals surface area contributed by atoms with Crippen LogP contribution in [0.1, 0.15) is 75.8 Å². The predicted octanol–water partition coefficient (Wildman–Crippen LogP) is 3.30. The first kappa shape index (κ1) is 22.4. The summed E-state index contributed by atoms with van der Waals surface area (Å²) in [5, 5.41) is 2.37. The quantitative estimate of drug-likeness (QED) is 0.707. The van der Waals surface area contributed by atoms with Gasteiger partial charge in [0, 0.05) is 19.5 Å². The Balaban J connectivity index is 1.24. The molecule has 2 aromatic rings. The van der Waals surface area contributed by atoms with Gasteiger partial charge in [0.15, 0.2) is 0 Å². The third-order valence-corrected chi connectivity index (χ3v) is 8.26. The summed E-state index contributed by atoms with van der Waals surface area (Å²) in [5.74, 6) is 0.123. The number of aryl methyl sites for hydroxylation is 2. The number of carbonyl (C=O) groups is 2. The van der Waals surface area contributed by atoms with Gasteiger partial charge < -0.3 is 4.90 Å². The molecular weight excluding hydrogens is 416 g/mol. The average Bonchev–Trinajstić information content (AvgIpc) is 3.08. The van der Waals surface area contributed by atoms with Gasteiger partial charge >= 0.3 is 5.69 Å². The Kier molecular flexibility index (Phi) is 6.41. The van der Waals surface area contributed by atoms with E-state index in [0.717, 1.165) is 29.4 Å². The minimum Gasteiger partial charge on any atom is -0.300 e. The van der Waals surface area contributed by atoms with Crippen molar-refractivity contribution in [1.82, 2.24) is 19.4 Å². The summed E-state index contributed by atoms with van der Waals surface area (Å²) in [6, 6.07) is 6.38. The number of carbonyl (C=O) groups excluding carboxylic acids is 2. The van der Waals surface area contributed by atoms with Gasteiger partial charge in [0.05, 0.1) is 11.0 Å². The first-order valence-electron chi connectivity index (χ1n) is 12.8. The van der Waals surface area contributed by atoms with Gasteiger partial charge in [0.25, 0.3) is 0 Å². The molecule has 1 N–H and O–H groups in total. The summed E-state index contributed by atoms with van der Waals surface area (Å²) < 4.78 is 3.19. The minimum atomic E-state index is -0.626. The number of aromatic nitrogens is 2. The Hall–Kier alpha value is -2.41. The molecule has 3 fully saturated rings. The van der Waals surface area contributed by atoms with Gasteiger partial charge in [-0.05, 0) is 81.6 Å². The molecule has 178 valence electrons. The molecule has 1 saturated carbocycles. The number of nitrogens with one attached hydrogen (secondary N) is 1. The number of rotatable bonds is 5. The van der Waals surface area contributed by atoms with Crippen LogP contribution in [0.3, 0.4) is 0 Å². The van der Waals surface area contributed by atoms with E-state index in [-0.39, 0.29) is 23.9 Å². The topological polar surface area (TPSA) is 76.3 Å². The van der Waals surface area contributed by atoms with Crippen LogP contribution in [0, 0.1) is 5.92 Å². The van der Waals surface area contributed by atoms with E-state index in [1.807, 2.05) is 6.07 Å². The molecule has 7 nitrogen and oxygen atoms in total. The fourth-order valence-corrected chi connectivity index (χ4v) is 6.22. The van der Waals surface area contributed by atoms with E-state index >= 15 is 0 Å². The molecule has 2 amide bonds. The predicted molar refractivity (Wildman–Crippen MR) is 128 cm³/mol. The third-order valence-electron chi connectivity index (χ3n) is 8.26.